The number of rotatable bonds is 9. The fourth-order valence-electron chi connectivity index (χ4n) is 2.49. The molecule has 2 aromatic rings. The Morgan fingerprint density at radius 2 is 1.75 bits per heavy atom. The van der Waals surface area contributed by atoms with E-state index in [0.29, 0.717) is 30.8 Å². The van der Waals surface area contributed by atoms with Crippen LogP contribution in [0.3, 0.4) is 0 Å². The Balaban J connectivity index is 1.74. The SMILES string of the molecule is CCOC(=O)c1ccc(NC(=O)CC(=O)NCCc2cccc(OC)c2)cc1. The fourth-order valence-corrected chi connectivity index (χ4v) is 2.49. The van der Waals surface area contributed by atoms with Crippen LogP contribution in [0.5, 0.6) is 5.75 Å². The van der Waals surface area contributed by atoms with Gasteiger partial charge in [0.1, 0.15) is 12.2 Å². The zero-order valence-electron chi connectivity index (χ0n) is 16.0. The molecule has 0 aliphatic carbocycles. The van der Waals surface area contributed by atoms with Crippen molar-refractivity contribution in [1.29, 1.82) is 0 Å². The molecule has 0 heterocycles. The summed E-state index contributed by atoms with van der Waals surface area (Å²) >= 11 is 0. The van der Waals surface area contributed by atoms with E-state index < -0.39 is 11.9 Å². The highest BCUT2D eigenvalue weighted by molar-refractivity contribution is 6.03. The van der Waals surface area contributed by atoms with Crippen molar-refractivity contribution in [3.8, 4) is 5.75 Å². The lowest BCUT2D eigenvalue weighted by atomic mass is 10.1. The zero-order chi connectivity index (χ0) is 20.4. The highest BCUT2D eigenvalue weighted by Crippen LogP contribution is 2.13. The molecular weight excluding hydrogens is 360 g/mol. The highest BCUT2D eigenvalue weighted by Gasteiger charge is 2.11. The molecule has 0 saturated heterocycles. The van der Waals surface area contributed by atoms with Gasteiger partial charge in [0.2, 0.25) is 11.8 Å². The largest absolute Gasteiger partial charge is 0.497 e. The molecular formula is C21H24N2O5. The van der Waals surface area contributed by atoms with Crippen LogP contribution in [0, 0.1) is 0 Å². The molecule has 2 amide bonds. The minimum Gasteiger partial charge on any atom is -0.497 e. The average Bonchev–Trinajstić information content (AvgIpc) is 2.68. The first kappa shape index (κ1) is 21.0. The lowest BCUT2D eigenvalue weighted by molar-refractivity contribution is -0.126. The monoisotopic (exact) mass is 384 g/mol. The lowest BCUT2D eigenvalue weighted by Gasteiger charge is -2.08. The standard InChI is InChI=1S/C21H24N2O5/c1-3-28-21(26)16-7-9-17(10-8-16)23-20(25)14-19(24)22-12-11-15-5-4-6-18(13-15)27-2/h4-10,13H,3,11-12,14H2,1-2H3,(H,22,24)(H,23,25). The quantitative estimate of drug-likeness (QED) is 0.512. The summed E-state index contributed by atoms with van der Waals surface area (Å²) < 4.78 is 10.1. The number of hydrogen-bond donors (Lipinski definition) is 2. The predicted octanol–water partition coefficient (Wildman–Crippen LogP) is 2.56. The van der Waals surface area contributed by atoms with Crippen LogP contribution >= 0.6 is 0 Å². The number of benzene rings is 2. The minimum absolute atomic E-state index is 0.280. The molecule has 2 aromatic carbocycles. The summed E-state index contributed by atoms with van der Waals surface area (Å²) in [5.74, 6) is -0.445. The first-order chi connectivity index (χ1) is 13.5. The molecule has 28 heavy (non-hydrogen) atoms. The second-order valence-corrected chi connectivity index (χ2v) is 5.97. The van der Waals surface area contributed by atoms with Gasteiger partial charge >= 0.3 is 5.97 Å². The Morgan fingerprint density at radius 3 is 2.43 bits per heavy atom. The van der Waals surface area contributed by atoms with Gasteiger partial charge in [0.05, 0.1) is 19.3 Å². The molecule has 0 spiro atoms. The maximum atomic E-state index is 12.0. The Hall–Kier alpha value is -3.35. The number of carbonyl (C=O) groups excluding carboxylic acids is 3. The van der Waals surface area contributed by atoms with Gasteiger partial charge < -0.3 is 20.1 Å². The Labute approximate surface area is 164 Å². The molecule has 148 valence electrons. The van der Waals surface area contributed by atoms with Gasteiger partial charge in [-0.2, -0.15) is 0 Å². The molecule has 0 radical (unpaired) electrons. The molecule has 0 aliphatic rings. The lowest BCUT2D eigenvalue weighted by Crippen LogP contribution is -2.29. The van der Waals surface area contributed by atoms with Crippen molar-refractivity contribution in [3.05, 3.63) is 59.7 Å². The molecule has 2 rings (SSSR count). The molecule has 7 heteroatoms. The van der Waals surface area contributed by atoms with Crippen LogP contribution in [0.4, 0.5) is 5.69 Å². The van der Waals surface area contributed by atoms with Crippen molar-refractivity contribution in [3.63, 3.8) is 0 Å². The van der Waals surface area contributed by atoms with Gasteiger partial charge in [-0.1, -0.05) is 12.1 Å². The van der Waals surface area contributed by atoms with Crippen molar-refractivity contribution < 1.29 is 23.9 Å². The number of ether oxygens (including phenoxy) is 2. The Bertz CT molecular complexity index is 818. The van der Waals surface area contributed by atoms with Crippen molar-refractivity contribution in [2.24, 2.45) is 0 Å². The molecule has 0 aromatic heterocycles. The topological polar surface area (TPSA) is 93.7 Å². The minimum atomic E-state index is -0.428. The van der Waals surface area contributed by atoms with Gasteiger partial charge in [0.15, 0.2) is 0 Å². The van der Waals surface area contributed by atoms with Crippen LogP contribution in [0.25, 0.3) is 0 Å². The number of esters is 1. The van der Waals surface area contributed by atoms with E-state index in [4.69, 9.17) is 9.47 Å². The number of hydrogen-bond acceptors (Lipinski definition) is 5. The van der Waals surface area contributed by atoms with Gasteiger partial charge in [-0.05, 0) is 55.3 Å². The van der Waals surface area contributed by atoms with Crippen molar-refractivity contribution in [2.45, 2.75) is 19.8 Å². The van der Waals surface area contributed by atoms with Gasteiger partial charge in [0, 0.05) is 12.2 Å². The summed E-state index contributed by atoms with van der Waals surface area (Å²) in [5.41, 5.74) is 1.93. The molecule has 2 N–H and O–H groups in total. The Morgan fingerprint density at radius 1 is 1.00 bits per heavy atom. The van der Waals surface area contributed by atoms with Gasteiger partial charge in [-0.15, -0.1) is 0 Å². The zero-order valence-corrected chi connectivity index (χ0v) is 16.0. The van der Waals surface area contributed by atoms with E-state index >= 15 is 0 Å². The van der Waals surface area contributed by atoms with E-state index in [2.05, 4.69) is 10.6 Å². The van der Waals surface area contributed by atoms with Crippen molar-refractivity contribution in [1.82, 2.24) is 5.32 Å². The van der Waals surface area contributed by atoms with Crippen LogP contribution in [0.15, 0.2) is 48.5 Å². The van der Waals surface area contributed by atoms with Gasteiger partial charge in [-0.3, -0.25) is 9.59 Å². The molecule has 0 aliphatic heterocycles. The van der Waals surface area contributed by atoms with Crippen molar-refractivity contribution >= 4 is 23.5 Å². The molecule has 0 atom stereocenters. The number of amides is 2. The number of carbonyl (C=O) groups is 3. The van der Waals surface area contributed by atoms with Crippen LogP contribution in [-0.4, -0.2) is 38.0 Å². The van der Waals surface area contributed by atoms with E-state index in [1.54, 1.807) is 38.3 Å². The van der Waals surface area contributed by atoms with Crippen LogP contribution < -0.4 is 15.4 Å². The summed E-state index contributed by atoms with van der Waals surface area (Å²) in [6, 6.07) is 13.9. The fraction of sp³-hybridized carbons (Fsp3) is 0.286. The van der Waals surface area contributed by atoms with E-state index in [-0.39, 0.29) is 12.3 Å². The maximum Gasteiger partial charge on any atom is 0.338 e. The maximum absolute atomic E-state index is 12.0. The summed E-state index contributed by atoms with van der Waals surface area (Å²) in [6.45, 7) is 2.45. The van der Waals surface area contributed by atoms with Crippen LogP contribution in [-0.2, 0) is 20.7 Å². The van der Waals surface area contributed by atoms with E-state index in [1.807, 2.05) is 24.3 Å². The first-order valence-electron chi connectivity index (χ1n) is 8.98. The second-order valence-electron chi connectivity index (χ2n) is 5.97. The molecule has 0 bridgehead atoms. The summed E-state index contributed by atoms with van der Waals surface area (Å²) in [4.78, 5) is 35.5. The van der Waals surface area contributed by atoms with Crippen LogP contribution in [0.2, 0.25) is 0 Å². The molecule has 7 nitrogen and oxygen atoms in total. The highest BCUT2D eigenvalue weighted by atomic mass is 16.5. The smallest absolute Gasteiger partial charge is 0.338 e. The number of anilines is 1. The van der Waals surface area contributed by atoms with Crippen LogP contribution in [0.1, 0.15) is 29.3 Å². The number of methoxy groups -OCH3 is 1. The normalized spacial score (nSPS) is 10.1. The predicted molar refractivity (Wildman–Crippen MR) is 105 cm³/mol. The molecule has 0 fully saturated rings. The van der Waals surface area contributed by atoms with E-state index in [0.717, 1.165) is 11.3 Å². The second kappa shape index (κ2) is 10.7. The number of nitrogens with one attached hydrogen (secondary N) is 2. The molecule has 0 unspecified atom stereocenters. The average molecular weight is 384 g/mol. The van der Waals surface area contributed by atoms with Gasteiger partial charge in [-0.25, -0.2) is 4.79 Å². The third-order valence-corrected chi connectivity index (χ3v) is 3.87. The van der Waals surface area contributed by atoms with Gasteiger partial charge in [0.25, 0.3) is 0 Å². The van der Waals surface area contributed by atoms with E-state index in [9.17, 15) is 14.4 Å². The first-order valence-corrected chi connectivity index (χ1v) is 8.98. The van der Waals surface area contributed by atoms with Crippen molar-refractivity contribution in [2.75, 3.05) is 25.6 Å². The van der Waals surface area contributed by atoms with E-state index in [1.165, 1.54) is 0 Å². The third-order valence-electron chi connectivity index (χ3n) is 3.87. The summed E-state index contributed by atoms with van der Waals surface area (Å²) in [7, 11) is 1.60. The Kier molecular flexibility index (Phi) is 8.02. The summed E-state index contributed by atoms with van der Waals surface area (Å²) in [6.07, 6.45) is 0.359. The third kappa shape index (κ3) is 6.75. The summed E-state index contributed by atoms with van der Waals surface area (Å²) in [5, 5.41) is 5.35. The molecule has 0 saturated carbocycles.